The number of hydrogen-bond acceptors (Lipinski definition) is 2. The molecular weight excluding hydrogens is 214 g/mol. The van der Waals surface area contributed by atoms with Crippen LogP contribution in [0.5, 0.6) is 0 Å². The standard InChI is InChI=1S/C14H21NS/c1-10(11(2)15-3)8-12-9-16-14-7-5-4-6-13(12)14/h4-7,10-12,15H,8-9H2,1-3H3. The van der Waals surface area contributed by atoms with Gasteiger partial charge in [0.1, 0.15) is 0 Å². The molecule has 1 nitrogen and oxygen atoms in total. The molecule has 0 spiro atoms. The van der Waals surface area contributed by atoms with Gasteiger partial charge in [0.05, 0.1) is 0 Å². The monoisotopic (exact) mass is 235 g/mol. The van der Waals surface area contributed by atoms with Crippen molar-refractivity contribution >= 4 is 11.8 Å². The lowest BCUT2D eigenvalue weighted by Gasteiger charge is -2.22. The highest BCUT2D eigenvalue weighted by Crippen LogP contribution is 2.42. The van der Waals surface area contributed by atoms with Crippen LogP contribution in [0.4, 0.5) is 0 Å². The maximum atomic E-state index is 3.36. The van der Waals surface area contributed by atoms with Crippen LogP contribution < -0.4 is 5.32 Å². The summed E-state index contributed by atoms with van der Waals surface area (Å²) in [6.07, 6.45) is 1.30. The Labute approximate surface area is 103 Å². The summed E-state index contributed by atoms with van der Waals surface area (Å²) in [6, 6.07) is 9.48. The van der Waals surface area contributed by atoms with E-state index in [-0.39, 0.29) is 0 Å². The van der Waals surface area contributed by atoms with E-state index in [1.165, 1.54) is 17.1 Å². The van der Waals surface area contributed by atoms with Crippen molar-refractivity contribution in [2.75, 3.05) is 12.8 Å². The summed E-state index contributed by atoms with van der Waals surface area (Å²) >= 11 is 2.02. The van der Waals surface area contributed by atoms with Crippen LogP contribution in [0.1, 0.15) is 31.7 Å². The van der Waals surface area contributed by atoms with E-state index in [4.69, 9.17) is 0 Å². The molecule has 1 aliphatic heterocycles. The van der Waals surface area contributed by atoms with Gasteiger partial charge in [-0.1, -0.05) is 25.1 Å². The first-order valence-electron chi connectivity index (χ1n) is 6.11. The maximum Gasteiger partial charge on any atom is 0.0107 e. The number of rotatable bonds is 4. The van der Waals surface area contributed by atoms with Gasteiger partial charge >= 0.3 is 0 Å². The zero-order valence-corrected chi connectivity index (χ0v) is 11.2. The Balaban J connectivity index is 2.03. The Hall–Kier alpha value is -0.470. The molecule has 0 saturated carbocycles. The highest BCUT2D eigenvalue weighted by atomic mass is 32.2. The largest absolute Gasteiger partial charge is 0.317 e. The van der Waals surface area contributed by atoms with E-state index >= 15 is 0 Å². The van der Waals surface area contributed by atoms with Crippen LogP contribution in [0.3, 0.4) is 0 Å². The minimum absolute atomic E-state index is 0.609. The summed E-state index contributed by atoms with van der Waals surface area (Å²) < 4.78 is 0. The van der Waals surface area contributed by atoms with Crippen molar-refractivity contribution in [1.29, 1.82) is 0 Å². The minimum Gasteiger partial charge on any atom is -0.317 e. The minimum atomic E-state index is 0.609. The van der Waals surface area contributed by atoms with Gasteiger partial charge < -0.3 is 5.32 Å². The predicted octanol–water partition coefficient (Wildman–Crippen LogP) is 3.51. The number of nitrogens with one attached hydrogen (secondary N) is 1. The number of benzene rings is 1. The third kappa shape index (κ3) is 2.44. The third-order valence-corrected chi connectivity index (χ3v) is 5.02. The number of hydrogen-bond donors (Lipinski definition) is 1. The molecule has 1 N–H and O–H groups in total. The normalized spacial score (nSPS) is 22.8. The second-order valence-electron chi connectivity index (χ2n) is 4.84. The van der Waals surface area contributed by atoms with Gasteiger partial charge in [0.25, 0.3) is 0 Å². The van der Waals surface area contributed by atoms with E-state index in [9.17, 15) is 0 Å². The quantitative estimate of drug-likeness (QED) is 0.857. The van der Waals surface area contributed by atoms with Gasteiger partial charge in [-0.25, -0.2) is 0 Å². The molecule has 2 rings (SSSR count). The molecular formula is C14H21NS. The zero-order valence-electron chi connectivity index (χ0n) is 10.4. The van der Waals surface area contributed by atoms with Crippen molar-refractivity contribution in [3.05, 3.63) is 29.8 Å². The van der Waals surface area contributed by atoms with Crippen molar-refractivity contribution in [1.82, 2.24) is 5.32 Å². The average Bonchev–Trinajstić information content (AvgIpc) is 2.72. The van der Waals surface area contributed by atoms with Gasteiger partial charge in [0.15, 0.2) is 0 Å². The molecule has 0 bridgehead atoms. The molecule has 0 aliphatic carbocycles. The summed E-state index contributed by atoms with van der Waals surface area (Å²) in [6.45, 7) is 4.63. The van der Waals surface area contributed by atoms with E-state index < -0.39 is 0 Å². The second-order valence-corrected chi connectivity index (χ2v) is 5.90. The van der Waals surface area contributed by atoms with E-state index in [2.05, 4.69) is 50.5 Å². The van der Waals surface area contributed by atoms with Crippen molar-refractivity contribution in [3.8, 4) is 0 Å². The first-order valence-corrected chi connectivity index (χ1v) is 7.10. The van der Waals surface area contributed by atoms with E-state index in [0.29, 0.717) is 6.04 Å². The van der Waals surface area contributed by atoms with Crippen LogP contribution in [-0.4, -0.2) is 18.8 Å². The summed E-state index contributed by atoms with van der Waals surface area (Å²) in [5.41, 5.74) is 1.57. The third-order valence-electron chi connectivity index (χ3n) is 3.76. The Morgan fingerprint density at radius 1 is 1.38 bits per heavy atom. The van der Waals surface area contributed by atoms with Crippen LogP contribution in [-0.2, 0) is 0 Å². The molecule has 0 aromatic heterocycles. The summed E-state index contributed by atoms with van der Waals surface area (Å²) in [7, 11) is 2.05. The average molecular weight is 235 g/mol. The highest BCUT2D eigenvalue weighted by molar-refractivity contribution is 7.99. The molecule has 0 saturated heterocycles. The molecule has 16 heavy (non-hydrogen) atoms. The van der Waals surface area contributed by atoms with Crippen LogP contribution in [0.25, 0.3) is 0 Å². The Kier molecular flexibility index (Phi) is 3.93. The van der Waals surface area contributed by atoms with Crippen LogP contribution in [0, 0.1) is 5.92 Å². The molecule has 3 unspecified atom stereocenters. The zero-order chi connectivity index (χ0) is 11.5. The van der Waals surface area contributed by atoms with Crippen molar-refractivity contribution in [2.45, 2.75) is 37.1 Å². The van der Waals surface area contributed by atoms with Crippen molar-refractivity contribution in [3.63, 3.8) is 0 Å². The molecule has 0 amide bonds. The second kappa shape index (κ2) is 5.24. The first kappa shape index (κ1) is 12.0. The van der Waals surface area contributed by atoms with E-state index in [1.54, 1.807) is 5.56 Å². The molecule has 2 heteroatoms. The van der Waals surface area contributed by atoms with Crippen LogP contribution in [0.15, 0.2) is 29.2 Å². The van der Waals surface area contributed by atoms with Crippen molar-refractivity contribution in [2.24, 2.45) is 5.92 Å². The number of thioether (sulfide) groups is 1. The topological polar surface area (TPSA) is 12.0 Å². The van der Waals surface area contributed by atoms with Gasteiger partial charge in [-0.3, -0.25) is 0 Å². The fourth-order valence-electron chi connectivity index (χ4n) is 2.36. The SMILES string of the molecule is CNC(C)C(C)CC1CSc2ccccc21. The summed E-state index contributed by atoms with van der Waals surface area (Å²) in [5.74, 6) is 2.76. The Morgan fingerprint density at radius 3 is 2.88 bits per heavy atom. The smallest absolute Gasteiger partial charge is 0.0107 e. The molecule has 1 aromatic rings. The van der Waals surface area contributed by atoms with E-state index in [0.717, 1.165) is 11.8 Å². The molecule has 88 valence electrons. The Morgan fingerprint density at radius 2 is 2.12 bits per heavy atom. The molecule has 1 heterocycles. The predicted molar refractivity (Wildman–Crippen MR) is 72.2 cm³/mol. The van der Waals surface area contributed by atoms with Gasteiger partial charge in [0, 0.05) is 16.7 Å². The van der Waals surface area contributed by atoms with Gasteiger partial charge in [-0.15, -0.1) is 11.8 Å². The van der Waals surface area contributed by atoms with Gasteiger partial charge in [-0.2, -0.15) is 0 Å². The Bertz CT molecular complexity index is 350. The molecule has 3 atom stereocenters. The molecule has 1 aromatic carbocycles. The lowest BCUT2D eigenvalue weighted by atomic mass is 9.88. The van der Waals surface area contributed by atoms with Crippen molar-refractivity contribution < 1.29 is 0 Å². The lowest BCUT2D eigenvalue weighted by Crippen LogP contribution is -2.29. The maximum absolute atomic E-state index is 3.36. The van der Waals surface area contributed by atoms with Gasteiger partial charge in [-0.05, 0) is 43.9 Å². The van der Waals surface area contributed by atoms with E-state index in [1.807, 2.05) is 11.8 Å². The summed E-state index contributed by atoms with van der Waals surface area (Å²) in [4.78, 5) is 1.50. The molecule has 0 fully saturated rings. The number of fused-ring (bicyclic) bond motifs is 1. The lowest BCUT2D eigenvalue weighted by molar-refractivity contribution is 0.380. The van der Waals surface area contributed by atoms with Crippen LogP contribution >= 0.6 is 11.8 Å². The van der Waals surface area contributed by atoms with Gasteiger partial charge in [0.2, 0.25) is 0 Å². The van der Waals surface area contributed by atoms with Crippen LogP contribution in [0.2, 0.25) is 0 Å². The fraction of sp³-hybridized carbons (Fsp3) is 0.571. The highest BCUT2D eigenvalue weighted by Gasteiger charge is 2.25. The molecule has 0 radical (unpaired) electrons. The first-order chi connectivity index (χ1) is 7.72. The summed E-state index contributed by atoms with van der Waals surface area (Å²) in [5, 5.41) is 3.36. The molecule has 1 aliphatic rings. The fourth-order valence-corrected chi connectivity index (χ4v) is 3.63.